The van der Waals surface area contributed by atoms with Crippen LogP contribution in [0.5, 0.6) is 0 Å². The maximum absolute atomic E-state index is 13.4. The second-order valence-corrected chi connectivity index (χ2v) is 8.06. The molecule has 1 saturated carbocycles. The molecule has 5 rings (SSSR count). The topological polar surface area (TPSA) is 52.3 Å². The van der Waals surface area contributed by atoms with Crippen molar-refractivity contribution in [3.63, 3.8) is 0 Å². The molecule has 0 bridgehead atoms. The molecule has 0 N–H and O–H groups in total. The fourth-order valence-corrected chi connectivity index (χ4v) is 4.19. The molecule has 0 radical (unpaired) electrons. The van der Waals surface area contributed by atoms with E-state index < -0.39 is 11.7 Å². The summed E-state index contributed by atoms with van der Waals surface area (Å²) in [6.07, 6.45) is 0.903. The number of aromatic nitrogens is 3. The van der Waals surface area contributed by atoms with E-state index in [9.17, 15) is 13.2 Å². The Bertz CT molecular complexity index is 1050. The van der Waals surface area contributed by atoms with Gasteiger partial charge in [-0.25, -0.2) is 0 Å². The van der Waals surface area contributed by atoms with Gasteiger partial charge in [0.15, 0.2) is 11.6 Å². The zero-order chi connectivity index (χ0) is 20.9. The Kier molecular flexibility index (Phi) is 4.52. The molecule has 8 heteroatoms. The number of ether oxygens (including phenoxy) is 1. The molecule has 1 aromatic carbocycles. The minimum Gasteiger partial charge on any atom is -0.445 e. The highest BCUT2D eigenvalue weighted by atomic mass is 19.4. The quantitative estimate of drug-likeness (QED) is 0.692. The Labute approximate surface area is 172 Å². The molecule has 5 nitrogen and oxygen atoms in total. The molecule has 0 saturated heterocycles. The van der Waals surface area contributed by atoms with E-state index in [4.69, 9.17) is 4.74 Å². The SMILES string of the molecule is Cc1nnc2n1N=C(OC1=CC(C(F)(F)F)=CCC1c1ccccc1)CC2C1CC1. The van der Waals surface area contributed by atoms with E-state index in [1.165, 1.54) is 6.08 Å². The summed E-state index contributed by atoms with van der Waals surface area (Å²) in [5.41, 5.74) is 0.235. The average molecular weight is 414 g/mol. The van der Waals surface area contributed by atoms with Crippen molar-refractivity contribution in [3.8, 4) is 0 Å². The van der Waals surface area contributed by atoms with Crippen LogP contribution in [0.1, 0.15) is 54.7 Å². The number of benzene rings is 1. The molecule has 2 atom stereocenters. The Hall–Kier alpha value is -2.90. The predicted octanol–water partition coefficient (Wildman–Crippen LogP) is 5.22. The lowest BCUT2D eigenvalue weighted by Crippen LogP contribution is -2.24. The molecule has 1 aromatic heterocycles. The number of hydrogen-bond acceptors (Lipinski definition) is 4. The highest BCUT2D eigenvalue weighted by Gasteiger charge is 2.41. The summed E-state index contributed by atoms with van der Waals surface area (Å²) in [7, 11) is 0. The van der Waals surface area contributed by atoms with Crippen molar-refractivity contribution >= 4 is 5.90 Å². The first-order valence-corrected chi connectivity index (χ1v) is 10.1. The van der Waals surface area contributed by atoms with Crippen LogP contribution in [-0.4, -0.2) is 26.9 Å². The van der Waals surface area contributed by atoms with Gasteiger partial charge >= 0.3 is 6.18 Å². The number of rotatable bonds is 3. The summed E-state index contributed by atoms with van der Waals surface area (Å²) in [5, 5.41) is 12.9. The highest BCUT2D eigenvalue weighted by molar-refractivity contribution is 5.79. The van der Waals surface area contributed by atoms with Crippen LogP contribution in [0.3, 0.4) is 0 Å². The van der Waals surface area contributed by atoms with Crippen molar-refractivity contribution in [1.29, 1.82) is 0 Å². The molecular weight excluding hydrogens is 393 g/mol. The van der Waals surface area contributed by atoms with E-state index in [2.05, 4.69) is 15.3 Å². The van der Waals surface area contributed by atoms with E-state index in [-0.39, 0.29) is 24.0 Å². The van der Waals surface area contributed by atoms with Crippen LogP contribution in [-0.2, 0) is 4.74 Å². The Balaban J connectivity index is 1.50. The highest BCUT2D eigenvalue weighted by Crippen LogP contribution is 2.46. The molecule has 2 aromatic rings. The van der Waals surface area contributed by atoms with Crippen LogP contribution < -0.4 is 0 Å². The first kappa shape index (κ1) is 19.1. The lowest BCUT2D eigenvalue weighted by Gasteiger charge is -2.28. The van der Waals surface area contributed by atoms with Gasteiger partial charge in [0, 0.05) is 18.3 Å². The van der Waals surface area contributed by atoms with Crippen molar-refractivity contribution in [2.24, 2.45) is 11.0 Å². The maximum atomic E-state index is 13.4. The standard InChI is InChI=1S/C22H21F3N4O/c1-13-26-27-21-18(15-7-8-15)12-20(28-29(13)21)30-19-11-16(22(23,24)25)9-10-17(19)14-5-3-2-4-6-14/h2-6,9,11,15,17-18H,7-8,10,12H2,1H3. The van der Waals surface area contributed by atoms with Gasteiger partial charge in [-0.2, -0.15) is 17.8 Å². The van der Waals surface area contributed by atoms with E-state index in [0.29, 0.717) is 24.1 Å². The van der Waals surface area contributed by atoms with Crippen molar-refractivity contribution in [1.82, 2.24) is 14.9 Å². The smallest absolute Gasteiger partial charge is 0.416 e. The number of halogens is 3. The van der Waals surface area contributed by atoms with Crippen LogP contribution in [0.15, 0.2) is 58.9 Å². The normalized spacial score (nSPS) is 23.9. The van der Waals surface area contributed by atoms with Gasteiger partial charge in [-0.3, -0.25) is 0 Å². The number of alkyl halides is 3. The first-order valence-electron chi connectivity index (χ1n) is 10.1. The Morgan fingerprint density at radius 1 is 1.10 bits per heavy atom. The Morgan fingerprint density at radius 2 is 1.87 bits per heavy atom. The van der Waals surface area contributed by atoms with Gasteiger partial charge in [-0.05, 0) is 43.7 Å². The molecule has 1 fully saturated rings. The van der Waals surface area contributed by atoms with Gasteiger partial charge in [0.05, 0.1) is 5.57 Å². The molecule has 2 heterocycles. The zero-order valence-corrected chi connectivity index (χ0v) is 16.4. The van der Waals surface area contributed by atoms with Gasteiger partial charge in [0.25, 0.3) is 0 Å². The molecule has 156 valence electrons. The fraction of sp³-hybridized carbons (Fsp3) is 0.409. The largest absolute Gasteiger partial charge is 0.445 e. The third-order valence-electron chi connectivity index (χ3n) is 5.93. The van der Waals surface area contributed by atoms with Crippen LogP contribution in [0, 0.1) is 12.8 Å². The van der Waals surface area contributed by atoms with Crippen molar-refractivity contribution < 1.29 is 17.9 Å². The van der Waals surface area contributed by atoms with Gasteiger partial charge in [0.1, 0.15) is 5.76 Å². The van der Waals surface area contributed by atoms with E-state index in [0.717, 1.165) is 30.3 Å². The lowest BCUT2D eigenvalue weighted by atomic mass is 9.88. The average Bonchev–Trinajstić information content (AvgIpc) is 3.51. The Morgan fingerprint density at radius 3 is 2.57 bits per heavy atom. The first-order chi connectivity index (χ1) is 14.4. The second kappa shape index (κ2) is 7.11. The molecule has 2 unspecified atom stereocenters. The van der Waals surface area contributed by atoms with Crippen LogP contribution >= 0.6 is 0 Å². The summed E-state index contributed by atoms with van der Waals surface area (Å²) in [4.78, 5) is 0. The van der Waals surface area contributed by atoms with Gasteiger partial charge < -0.3 is 4.74 Å². The molecule has 30 heavy (non-hydrogen) atoms. The van der Waals surface area contributed by atoms with Crippen LogP contribution in [0.2, 0.25) is 0 Å². The number of allylic oxidation sites excluding steroid dienone is 4. The number of aryl methyl sites for hydroxylation is 1. The molecule has 2 aliphatic carbocycles. The molecule has 1 aliphatic heterocycles. The van der Waals surface area contributed by atoms with Crippen molar-refractivity contribution in [3.05, 3.63) is 71.0 Å². The maximum Gasteiger partial charge on any atom is 0.416 e. The molecular formula is C22H21F3N4O. The fourth-order valence-electron chi connectivity index (χ4n) is 4.19. The summed E-state index contributed by atoms with van der Waals surface area (Å²) in [5.74, 6) is 2.49. The van der Waals surface area contributed by atoms with E-state index in [1.54, 1.807) is 4.68 Å². The van der Waals surface area contributed by atoms with E-state index >= 15 is 0 Å². The van der Waals surface area contributed by atoms with Gasteiger partial charge in [0.2, 0.25) is 5.90 Å². The summed E-state index contributed by atoms with van der Waals surface area (Å²) < 4.78 is 47.9. The zero-order valence-electron chi connectivity index (χ0n) is 16.4. The monoisotopic (exact) mass is 414 g/mol. The van der Waals surface area contributed by atoms with Crippen LogP contribution in [0.4, 0.5) is 13.2 Å². The minimum absolute atomic E-state index is 0.135. The molecule has 0 amide bonds. The third-order valence-corrected chi connectivity index (χ3v) is 5.93. The third kappa shape index (κ3) is 3.55. The summed E-state index contributed by atoms with van der Waals surface area (Å²) >= 11 is 0. The van der Waals surface area contributed by atoms with Crippen molar-refractivity contribution in [2.75, 3.05) is 0 Å². The van der Waals surface area contributed by atoms with Crippen molar-refractivity contribution in [2.45, 2.75) is 50.6 Å². The van der Waals surface area contributed by atoms with Gasteiger partial charge in [-0.1, -0.05) is 36.4 Å². The predicted molar refractivity (Wildman–Crippen MR) is 105 cm³/mol. The number of nitrogens with zero attached hydrogens (tertiary/aromatic N) is 4. The second-order valence-electron chi connectivity index (χ2n) is 8.06. The molecule has 3 aliphatic rings. The summed E-state index contributed by atoms with van der Waals surface area (Å²) in [6, 6.07) is 9.46. The summed E-state index contributed by atoms with van der Waals surface area (Å²) in [6.45, 7) is 1.81. The van der Waals surface area contributed by atoms with Crippen LogP contribution in [0.25, 0.3) is 0 Å². The number of hydrogen-bond donors (Lipinski definition) is 0. The minimum atomic E-state index is -4.42. The molecule has 0 spiro atoms. The lowest BCUT2D eigenvalue weighted by molar-refractivity contribution is -0.0890. The number of fused-ring (bicyclic) bond motifs is 1. The van der Waals surface area contributed by atoms with Gasteiger partial charge in [-0.15, -0.1) is 15.3 Å². The van der Waals surface area contributed by atoms with E-state index in [1.807, 2.05) is 37.3 Å².